The summed E-state index contributed by atoms with van der Waals surface area (Å²) in [5, 5.41) is 0. The average molecular weight is 203 g/mol. The number of anilines is 1. The van der Waals surface area contributed by atoms with Gasteiger partial charge in [-0.1, -0.05) is 6.08 Å². The van der Waals surface area contributed by atoms with E-state index in [-0.39, 0.29) is 0 Å². The lowest BCUT2D eigenvalue weighted by atomic mass is 10.2. The van der Waals surface area contributed by atoms with Crippen LogP contribution in [-0.2, 0) is 0 Å². The molecule has 80 valence electrons. The van der Waals surface area contributed by atoms with Gasteiger partial charge in [-0.3, -0.25) is 0 Å². The molecule has 0 amide bonds. The quantitative estimate of drug-likeness (QED) is 0.690. The largest absolute Gasteiger partial charge is 0.350 e. The molecule has 0 spiro atoms. The van der Waals surface area contributed by atoms with Crippen LogP contribution in [0.4, 0.5) is 5.82 Å². The lowest BCUT2D eigenvalue weighted by molar-refractivity contribution is 0.787. The Bertz CT molecular complexity index is 373. The maximum atomic E-state index is 4.52. The van der Waals surface area contributed by atoms with Crippen molar-refractivity contribution in [3.05, 3.63) is 30.2 Å². The predicted octanol–water partition coefficient (Wildman–Crippen LogP) is 2.25. The van der Waals surface area contributed by atoms with Gasteiger partial charge < -0.3 is 4.90 Å². The third kappa shape index (κ3) is 1.87. The van der Waals surface area contributed by atoms with Gasteiger partial charge in [0, 0.05) is 24.3 Å². The standard InChI is InChI=1S/C12H17N3/c1-4-11-6-5-7-15(11)12-9(2)8-13-10(3)14-12/h4,8,11H,1,5-7H2,2-3H3. The maximum Gasteiger partial charge on any atom is 0.135 e. The van der Waals surface area contributed by atoms with Gasteiger partial charge in [-0.2, -0.15) is 0 Å². The average Bonchev–Trinajstić information content (AvgIpc) is 2.69. The van der Waals surface area contributed by atoms with Crippen LogP contribution >= 0.6 is 0 Å². The van der Waals surface area contributed by atoms with Crippen LogP contribution in [0.3, 0.4) is 0 Å². The van der Waals surface area contributed by atoms with Gasteiger partial charge in [0.15, 0.2) is 0 Å². The van der Waals surface area contributed by atoms with E-state index in [1.165, 1.54) is 12.8 Å². The van der Waals surface area contributed by atoms with Crippen LogP contribution in [0.1, 0.15) is 24.2 Å². The SMILES string of the molecule is C=CC1CCCN1c1nc(C)ncc1C. The number of aromatic nitrogens is 2. The molecule has 1 fully saturated rings. The second kappa shape index (κ2) is 4.01. The highest BCUT2D eigenvalue weighted by atomic mass is 15.2. The molecule has 1 unspecified atom stereocenters. The fourth-order valence-electron chi connectivity index (χ4n) is 2.11. The van der Waals surface area contributed by atoms with Crippen LogP contribution < -0.4 is 4.90 Å². The van der Waals surface area contributed by atoms with Gasteiger partial charge in [0.1, 0.15) is 11.6 Å². The van der Waals surface area contributed by atoms with Crippen molar-refractivity contribution in [1.29, 1.82) is 0 Å². The molecule has 2 heterocycles. The fraction of sp³-hybridized carbons (Fsp3) is 0.500. The van der Waals surface area contributed by atoms with Crippen molar-refractivity contribution >= 4 is 5.82 Å². The van der Waals surface area contributed by atoms with Crippen LogP contribution in [0.5, 0.6) is 0 Å². The molecule has 15 heavy (non-hydrogen) atoms. The molecule has 1 aromatic rings. The second-order valence-corrected chi connectivity index (χ2v) is 4.06. The Labute approximate surface area is 90.9 Å². The van der Waals surface area contributed by atoms with Crippen molar-refractivity contribution in [2.75, 3.05) is 11.4 Å². The molecule has 1 aliphatic rings. The number of rotatable bonds is 2. The monoisotopic (exact) mass is 203 g/mol. The van der Waals surface area contributed by atoms with Gasteiger partial charge in [0.05, 0.1) is 0 Å². The zero-order valence-electron chi connectivity index (χ0n) is 9.40. The third-order valence-electron chi connectivity index (χ3n) is 2.91. The Hall–Kier alpha value is -1.38. The van der Waals surface area contributed by atoms with Crippen molar-refractivity contribution in [3.8, 4) is 0 Å². The lowest BCUT2D eigenvalue weighted by Crippen LogP contribution is -2.29. The highest BCUT2D eigenvalue weighted by molar-refractivity contribution is 5.48. The summed E-state index contributed by atoms with van der Waals surface area (Å²) in [5.41, 5.74) is 1.15. The van der Waals surface area contributed by atoms with E-state index < -0.39 is 0 Å². The molecule has 0 saturated carbocycles. The smallest absolute Gasteiger partial charge is 0.135 e. The molecule has 0 aliphatic carbocycles. The van der Waals surface area contributed by atoms with Crippen LogP contribution in [0.25, 0.3) is 0 Å². The van der Waals surface area contributed by atoms with Gasteiger partial charge in [-0.05, 0) is 26.7 Å². The van der Waals surface area contributed by atoms with Gasteiger partial charge >= 0.3 is 0 Å². The Morgan fingerprint density at radius 2 is 2.33 bits per heavy atom. The summed E-state index contributed by atoms with van der Waals surface area (Å²) < 4.78 is 0. The van der Waals surface area contributed by atoms with Gasteiger partial charge in [-0.15, -0.1) is 6.58 Å². The summed E-state index contributed by atoms with van der Waals surface area (Å²) in [6.45, 7) is 8.96. The molecule has 1 saturated heterocycles. The molecule has 1 aromatic heterocycles. The van der Waals surface area contributed by atoms with E-state index in [0.717, 1.165) is 23.8 Å². The normalized spacial score (nSPS) is 20.7. The number of nitrogens with zero attached hydrogens (tertiary/aromatic N) is 3. The number of hydrogen-bond acceptors (Lipinski definition) is 3. The fourth-order valence-corrected chi connectivity index (χ4v) is 2.11. The third-order valence-corrected chi connectivity index (χ3v) is 2.91. The lowest BCUT2D eigenvalue weighted by Gasteiger charge is -2.24. The number of aryl methyl sites for hydroxylation is 2. The van der Waals surface area contributed by atoms with E-state index >= 15 is 0 Å². The molecular formula is C12H17N3. The molecule has 3 heteroatoms. The van der Waals surface area contributed by atoms with Gasteiger partial charge in [0.25, 0.3) is 0 Å². The van der Waals surface area contributed by atoms with E-state index in [1.54, 1.807) is 0 Å². The molecule has 1 atom stereocenters. The van der Waals surface area contributed by atoms with Crippen LogP contribution in [-0.4, -0.2) is 22.6 Å². The summed E-state index contributed by atoms with van der Waals surface area (Å²) >= 11 is 0. The maximum absolute atomic E-state index is 4.52. The Morgan fingerprint density at radius 3 is 3.07 bits per heavy atom. The molecular weight excluding hydrogens is 186 g/mol. The molecule has 1 aliphatic heterocycles. The van der Waals surface area contributed by atoms with Crippen molar-refractivity contribution < 1.29 is 0 Å². The summed E-state index contributed by atoms with van der Waals surface area (Å²) in [7, 11) is 0. The molecule has 0 aromatic carbocycles. The first kappa shape index (κ1) is 10.1. The van der Waals surface area contributed by atoms with E-state index in [1.807, 2.05) is 19.2 Å². The first-order valence-corrected chi connectivity index (χ1v) is 5.42. The predicted molar refractivity (Wildman–Crippen MR) is 62.1 cm³/mol. The van der Waals surface area contributed by atoms with Crippen molar-refractivity contribution in [2.45, 2.75) is 32.7 Å². The van der Waals surface area contributed by atoms with Crippen molar-refractivity contribution in [3.63, 3.8) is 0 Å². The van der Waals surface area contributed by atoms with Crippen LogP contribution in [0.15, 0.2) is 18.9 Å². The summed E-state index contributed by atoms with van der Waals surface area (Å²) in [6.07, 6.45) is 6.32. The summed E-state index contributed by atoms with van der Waals surface area (Å²) in [6, 6.07) is 0.443. The zero-order chi connectivity index (χ0) is 10.8. The topological polar surface area (TPSA) is 29.0 Å². The highest BCUT2D eigenvalue weighted by Gasteiger charge is 2.24. The van der Waals surface area contributed by atoms with E-state index in [4.69, 9.17) is 0 Å². The molecule has 0 bridgehead atoms. The van der Waals surface area contributed by atoms with Crippen LogP contribution in [0.2, 0.25) is 0 Å². The van der Waals surface area contributed by atoms with Crippen LogP contribution in [0, 0.1) is 13.8 Å². The van der Waals surface area contributed by atoms with E-state index in [2.05, 4.69) is 28.4 Å². The van der Waals surface area contributed by atoms with Gasteiger partial charge in [0.2, 0.25) is 0 Å². The molecule has 2 rings (SSSR count). The van der Waals surface area contributed by atoms with E-state index in [0.29, 0.717) is 6.04 Å². The minimum atomic E-state index is 0.443. The number of hydrogen-bond donors (Lipinski definition) is 0. The Kier molecular flexibility index (Phi) is 2.71. The summed E-state index contributed by atoms with van der Waals surface area (Å²) in [5.74, 6) is 1.91. The van der Waals surface area contributed by atoms with Crippen molar-refractivity contribution in [2.24, 2.45) is 0 Å². The first-order chi connectivity index (χ1) is 7.22. The Morgan fingerprint density at radius 1 is 1.53 bits per heavy atom. The Balaban J connectivity index is 2.35. The molecule has 0 N–H and O–H groups in total. The highest BCUT2D eigenvalue weighted by Crippen LogP contribution is 2.26. The first-order valence-electron chi connectivity index (χ1n) is 5.42. The minimum Gasteiger partial charge on any atom is -0.350 e. The van der Waals surface area contributed by atoms with E-state index in [9.17, 15) is 0 Å². The minimum absolute atomic E-state index is 0.443. The second-order valence-electron chi connectivity index (χ2n) is 4.06. The van der Waals surface area contributed by atoms with Gasteiger partial charge in [-0.25, -0.2) is 9.97 Å². The van der Waals surface area contributed by atoms with Crippen molar-refractivity contribution in [1.82, 2.24) is 9.97 Å². The zero-order valence-corrected chi connectivity index (χ0v) is 9.40. The molecule has 0 radical (unpaired) electrons. The summed E-state index contributed by atoms with van der Waals surface area (Å²) in [4.78, 5) is 11.0. The molecule has 3 nitrogen and oxygen atoms in total.